The van der Waals surface area contributed by atoms with Crippen molar-refractivity contribution in [3.8, 4) is 0 Å². The van der Waals surface area contributed by atoms with Crippen molar-refractivity contribution < 1.29 is 28.7 Å². The van der Waals surface area contributed by atoms with Gasteiger partial charge in [-0.05, 0) is 37.5 Å². The van der Waals surface area contributed by atoms with Gasteiger partial charge in [0.2, 0.25) is 0 Å². The third-order valence-corrected chi connectivity index (χ3v) is 6.17. The monoisotopic (exact) mass is 480 g/mol. The summed E-state index contributed by atoms with van der Waals surface area (Å²) >= 11 is 0. The van der Waals surface area contributed by atoms with E-state index in [9.17, 15) is 19.2 Å². The molecule has 0 aromatic carbocycles. The lowest BCUT2D eigenvalue weighted by Crippen LogP contribution is -2.40. The van der Waals surface area contributed by atoms with E-state index in [1.54, 1.807) is 0 Å². The fraction of sp³-hybridized carbons (Fsp3) is 0.750. The fourth-order valence-corrected chi connectivity index (χ4v) is 4.25. The van der Waals surface area contributed by atoms with Gasteiger partial charge in [-0.15, -0.1) is 0 Å². The van der Waals surface area contributed by atoms with Gasteiger partial charge in [-0.2, -0.15) is 0 Å². The first-order valence-corrected chi connectivity index (χ1v) is 12.6. The Labute approximate surface area is 202 Å². The summed E-state index contributed by atoms with van der Waals surface area (Å²) in [4.78, 5) is 46.8. The summed E-state index contributed by atoms with van der Waals surface area (Å²) in [5.41, 5.74) is 0. The van der Waals surface area contributed by atoms with Crippen LogP contribution in [0.15, 0.2) is 12.2 Å². The molecule has 0 bridgehead atoms. The number of rotatable bonds is 12. The third-order valence-electron chi connectivity index (χ3n) is 6.17. The van der Waals surface area contributed by atoms with Crippen molar-refractivity contribution in [3.05, 3.63) is 12.2 Å². The summed E-state index contributed by atoms with van der Waals surface area (Å²) in [6, 6.07) is -0.561. The van der Waals surface area contributed by atoms with Gasteiger partial charge < -0.3 is 30.7 Å². The van der Waals surface area contributed by atoms with Crippen LogP contribution in [0.5, 0.6) is 0 Å². The lowest BCUT2D eigenvalue weighted by molar-refractivity contribution is -0.140. The highest BCUT2D eigenvalue weighted by atomic mass is 16.5. The molecular formula is C24H40N4O6. The molecular weight excluding hydrogens is 440 g/mol. The van der Waals surface area contributed by atoms with Crippen LogP contribution in [0, 0.1) is 11.8 Å². The van der Waals surface area contributed by atoms with Crippen molar-refractivity contribution in [2.45, 2.75) is 64.2 Å². The second kappa shape index (κ2) is 16.8. The maximum absolute atomic E-state index is 11.8. The van der Waals surface area contributed by atoms with E-state index in [0.717, 1.165) is 37.8 Å². The van der Waals surface area contributed by atoms with Crippen molar-refractivity contribution in [2.24, 2.45) is 11.8 Å². The van der Waals surface area contributed by atoms with Crippen molar-refractivity contribution in [1.29, 1.82) is 0 Å². The zero-order chi connectivity index (χ0) is 24.4. The summed E-state index contributed by atoms with van der Waals surface area (Å²) in [6.07, 6.45) is 14.0. The van der Waals surface area contributed by atoms with E-state index in [4.69, 9.17) is 9.47 Å². The Bertz CT molecular complexity index is 616. The van der Waals surface area contributed by atoms with Gasteiger partial charge in [-0.1, -0.05) is 38.5 Å². The molecule has 0 spiro atoms. The summed E-state index contributed by atoms with van der Waals surface area (Å²) in [6.45, 7) is 1.67. The second-order valence-electron chi connectivity index (χ2n) is 8.95. The normalized spacial score (nSPS) is 17.1. The predicted octanol–water partition coefficient (Wildman–Crippen LogP) is 2.39. The van der Waals surface area contributed by atoms with E-state index in [1.165, 1.54) is 38.5 Å². The minimum absolute atomic E-state index is 0.00500. The number of esters is 2. The van der Waals surface area contributed by atoms with Crippen molar-refractivity contribution in [2.75, 3.05) is 39.4 Å². The molecule has 192 valence electrons. The number of amides is 4. The molecule has 0 saturated heterocycles. The predicted molar refractivity (Wildman–Crippen MR) is 127 cm³/mol. The Morgan fingerprint density at radius 1 is 0.588 bits per heavy atom. The first kappa shape index (κ1) is 27.5. The van der Waals surface area contributed by atoms with Crippen molar-refractivity contribution in [1.82, 2.24) is 21.3 Å². The molecule has 0 heterocycles. The Kier molecular flexibility index (Phi) is 13.5. The van der Waals surface area contributed by atoms with Gasteiger partial charge in [0, 0.05) is 25.2 Å². The molecule has 0 aromatic heterocycles. The number of urea groups is 2. The Morgan fingerprint density at radius 3 is 1.35 bits per heavy atom. The molecule has 10 nitrogen and oxygen atoms in total. The van der Waals surface area contributed by atoms with Crippen LogP contribution in [-0.2, 0) is 19.1 Å². The fourth-order valence-electron chi connectivity index (χ4n) is 4.25. The van der Waals surface area contributed by atoms with Crippen LogP contribution in [0.4, 0.5) is 9.59 Å². The van der Waals surface area contributed by atoms with Crippen LogP contribution in [-0.4, -0.2) is 63.4 Å². The van der Waals surface area contributed by atoms with Crippen LogP contribution in [0.25, 0.3) is 0 Å². The molecule has 2 fully saturated rings. The largest absolute Gasteiger partial charge is 0.461 e. The summed E-state index contributed by atoms with van der Waals surface area (Å²) in [7, 11) is 0. The van der Waals surface area contributed by atoms with E-state index in [0.29, 0.717) is 24.9 Å². The highest BCUT2D eigenvalue weighted by molar-refractivity contribution is 5.91. The molecule has 0 atom stereocenters. The van der Waals surface area contributed by atoms with E-state index >= 15 is 0 Å². The average molecular weight is 481 g/mol. The van der Waals surface area contributed by atoms with Crippen LogP contribution < -0.4 is 21.3 Å². The van der Waals surface area contributed by atoms with Gasteiger partial charge in [-0.25, -0.2) is 19.2 Å². The first-order chi connectivity index (χ1) is 16.5. The summed E-state index contributed by atoms with van der Waals surface area (Å²) in [5.74, 6) is -0.328. The van der Waals surface area contributed by atoms with Gasteiger partial charge in [-0.3, -0.25) is 0 Å². The van der Waals surface area contributed by atoms with Gasteiger partial charge in [0.25, 0.3) is 0 Å². The minimum Gasteiger partial charge on any atom is -0.461 e. The molecule has 2 rings (SSSR count). The van der Waals surface area contributed by atoms with Crippen LogP contribution in [0.2, 0.25) is 0 Å². The molecule has 0 aromatic rings. The molecule has 2 aliphatic carbocycles. The molecule has 10 heteroatoms. The molecule has 34 heavy (non-hydrogen) atoms. The van der Waals surface area contributed by atoms with Gasteiger partial charge in [0.15, 0.2) is 0 Å². The van der Waals surface area contributed by atoms with Crippen molar-refractivity contribution in [3.63, 3.8) is 0 Å². The van der Waals surface area contributed by atoms with Crippen molar-refractivity contribution >= 4 is 24.0 Å². The quantitative estimate of drug-likeness (QED) is 0.192. The zero-order valence-corrected chi connectivity index (χ0v) is 20.1. The highest BCUT2D eigenvalue weighted by Crippen LogP contribution is 2.23. The van der Waals surface area contributed by atoms with E-state index in [-0.39, 0.29) is 38.4 Å². The van der Waals surface area contributed by atoms with Crippen LogP contribution in [0.1, 0.15) is 64.2 Å². The number of hydrogen-bond acceptors (Lipinski definition) is 6. The Morgan fingerprint density at radius 2 is 0.971 bits per heavy atom. The molecule has 4 amide bonds. The van der Waals surface area contributed by atoms with E-state index in [1.807, 2.05) is 0 Å². The van der Waals surface area contributed by atoms with Crippen LogP contribution in [0.3, 0.4) is 0 Å². The first-order valence-electron chi connectivity index (χ1n) is 12.6. The molecule has 4 N–H and O–H groups in total. The number of carbonyl (C=O) groups excluding carboxylic acids is 4. The lowest BCUT2D eigenvalue weighted by atomic mass is 9.89. The average Bonchev–Trinajstić information content (AvgIpc) is 2.86. The third kappa shape index (κ3) is 13.1. The topological polar surface area (TPSA) is 135 Å². The highest BCUT2D eigenvalue weighted by Gasteiger charge is 2.15. The standard InChI is InChI=1S/C24H40N4O6/c29-21(33-15-13-25-23(31)27-17-19-7-3-1-4-8-19)11-12-22(30)34-16-14-26-24(32)28-18-20-9-5-2-6-10-20/h11-12,19-20H,1-10,13-18H2,(H2,25,27,31)(H2,26,28,32)/b12-11+. The molecule has 0 unspecified atom stereocenters. The second-order valence-corrected chi connectivity index (χ2v) is 8.95. The smallest absolute Gasteiger partial charge is 0.331 e. The van der Waals surface area contributed by atoms with Crippen LogP contribution >= 0.6 is 0 Å². The lowest BCUT2D eigenvalue weighted by Gasteiger charge is -2.21. The molecule has 2 aliphatic rings. The van der Waals surface area contributed by atoms with Gasteiger partial charge >= 0.3 is 24.0 Å². The number of ether oxygens (including phenoxy) is 2. The Balaban J connectivity index is 1.42. The minimum atomic E-state index is -0.707. The number of carbonyl (C=O) groups is 4. The maximum atomic E-state index is 11.8. The molecule has 2 saturated carbocycles. The molecule has 0 aliphatic heterocycles. The SMILES string of the molecule is O=C(NCCOC(=O)/C=C/C(=O)OCCNC(=O)NCC1CCCCC1)NCC1CCCCC1. The zero-order valence-electron chi connectivity index (χ0n) is 20.1. The maximum Gasteiger partial charge on any atom is 0.331 e. The van der Waals surface area contributed by atoms with E-state index in [2.05, 4.69) is 21.3 Å². The molecule has 0 radical (unpaired) electrons. The summed E-state index contributed by atoms with van der Waals surface area (Å²) in [5, 5.41) is 10.9. The Hall–Kier alpha value is -2.78. The van der Waals surface area contributed by atoms with Gasteiger partial charge in [0.1, 0.15) is 13.2 Å². The number of nitrogens with one attached hydrogen (secondary N) is 4. The number of hydrogen-bond donors (Lipinski definition) is 4. The summed E-state index contributed by atoms with van der Waals surface area (Å²) < 4.78 is 9.86. The van der Waals surface area contributed by atoms with E-state index < -0.39 is 11.9 Å². The van der Waals surface area contributed by atoms with Gasteiger partial charge in [0.05, 0.1) is 13.1 Å².